The van der Waals surface area contributed by atoms with Gasteiger partial charge in [-0.3, -0.25) is 0 Å². The highest BCUT2D eigenvalue weighted by Gasteiger charge is 2.09. The van der Waals surface area contributed by atoms with Gasteiger partial charge in [-0.25, -0.2) is 9.97 Å². The molecule has 2 aromatic rings. The van der Waals surface area contributed by atoms with Crippen LogP contribution < -0.4 is 10.6 Å². The first-order valence-electron chi connectivity index (χ1n) is 5.43. The van der Waals surface area contributed by atoms with Gasteiger partial charge in [0.25, 0.3) is 0 Å². The Morgan fingerprint density at radius 1 is 1.22 bits per heavy atom. The van der Waals surface area contributed by atoms with Crippen LogP contribution in [0.3, 0.4) is 0 Å². The molecule has 2 rings (SSSR count). The number of halogens is 2. The average Bonchev–Trinajstić information content (AvgIpc) is 2.84. The molecule has 0 aliphatic rings. The van der Waals surface area contributed by atoms with E-state index < -0.39 is 0 Å². The number of rotatable bonds is 5. The number of thiazole rings is 1. The summed E-state index contributed by atoms with van der Waals surface area (Å²) in [5.74, 6) is 1.23. The number of hydrogen-bond acceptors (Lipinski definition) is 5. The fourth-order valence-corrected chi connectivity index (χ4v) is 2.43. The van der Waals surface area contributed by atoms with Crippen molar-refractivity contribution < 1.29 is 0 Å². The van der Waals surface area contributed by atoms with Gasteiger partial charge >= 0.3 is 0 Å². The summed E-state index contributed by atoms with van der Waals surface area (Å²) in [6.07, 6.45) is 1.77. The van der Waals surface area contributed by atoms with Gasteiger partial charge in [-0.1, -0.05) is 23.2 Å². The normalized spacial score (nSPS) is 10.4. The van der Waals surface area contributed by atoms with Crippen LogP contribution in [0.15, 0.2) is 17.6 Å². The lowest BCUT2D eigenvalue weighted by atomic mass is 10.4. The second-order valence-corrected chi connectivity index (χ2v) is 5.25. The number of nitrogens with one attached hydrogen (secondary N) is 2. The third-order valence-corrected chi connectivity index (χ3v) is 3.52. The van der Waals surface area contributed by atoms with Gasteiger partial charge in [0.2, 0.25) is 0 Å². The molecule has 18 heavy (non-hydrogen) atoms. The lowest BCUT2D eigenvalue weighted by molar-refractivity contribution is 1.07. The second kappa shape index (κ2) is 6.22. The molecular weight excluding hydrogens is 291 g/mol. The van der Waals surface area contributed by atoms with E-state index in [1.807, 2.05) is 12.3 Å². The van der Waals surface area contributed by atoms with Crippen LogP contribution in [0.1, 0.15) is 11.9 Å². The maximum absolute atomic E-state index is 6.09. The van der Waals surface area contributed by atoms with Crippen LogP contribution in [0.25, 0.3) is 0 Å². The highest BCUT2D eigenvalue weighted by molar-refractivity contribution is 7.09. The molecule has 0 aliphatic carbocycles. The van der Waals surface area contributed by atoms with Crippen LogP contribution >= 0.6 is 34.5 Å². The molecule has 0 radical (unpaired) electrons. The Kier molecular flexibility index (Phi) is 4.63. The van der Waals surface area contributed by atoms with Crippen molar-refractivity contribution in [3.63, 3.8) is 0 Å². The van der Waals surface area contributed by atoms with Crippen molar-refractivity contribution in [2.24, 2.45) is 0 Å². The maximum Gasteiger partial charge on any atom is 0.147 e. The SMILES string of the molecule is CCNc1nc(NCc2nccs2)c(Cl)cc1Cl. The minimum Gasteiger partial charge on any atom is -0.369 e. The lowest BCUT2D eigenvalue weighted by Crippen LogP contribution is -2.05. The van der Waals surface area contributed by atoms with Gasteiger partial charge in [0.05, 0.1) is 16.6 Å². The molecule has 0 amide bonds. The molecule has 0 saturated heterocycles. The molecule has 96 valence electrons. The Morgan fingerprint density at radius 2 is 1.94 bits per heavy atom. The zero-order chi connectivity index (χ0) is 13.0. The number of aromatic nitrogens is 2. The van der Waals surface area contributed by atoms with Crippen molar-refractivity contribution in [3.8, 4) is 0 Å². The second-order valence-electron chi connectivity index (χ2n) is 3.46. The van der Waals surface area contributed by atoms with E-state index in [1.54, 1.807) is 23.6 Å². The zero-order valence-electron chi connectivity index (χ0n) is 9.70. The largest absolute Gasteiger partial charge is 0.369 e. The van der Waals surface area contributed by atoms with Crippen LogP contribution in [-0.4, -0.2) is 16.5 Å². The lowest BCUT2D eigenvalue weighted by Gasteiger charge is -2.10. The predicted molar refractivity (Wildman–Crippen MR) is 77.9 cm³/mol. The van der Waals surface area contributed by atoms with E-state index in [2.05, 4.69) is 20.6 Å². The van der Waals surface area contributed by atoms with Gasteiger partial charge in [0, 0.05) is 18.1 Å². The molecule has 0 atom stereocenters. The number of hydrogen-bond donors (Lipinski definition) is 2. The van der Waals surface area contributed by atoms with Gasteiger partial charge in [0.1, 0.15) is 16.6 Å². The zero-order valence-corrected chi connectivity index (χ0v) is 12.0. The summed E-state index contributed by atoms with van der Waals surface area (Å²) >= 11 is 13.7. The standard InChI is InChI=1S/C11H12Cl2N4S/c1-2-14-10-7(12)5-8(13)11(17-10)16-6-9-15-3-4-18-9/h3-5H,2,6H2,1H3,(H2,14,16,17). The van der Waals surface area contributed by atoms with Crippen LogP contribution in [0.5, 0.6) is 0 Å². The molecule has 4 nitrogen and oxygen atoms in total. The van der Waals surface area contributed by atoms with Crippen molar-refractivity contribution in [1.29, 1.82) is 0 Å². The summed E-state index contributed by atoms with van der Waals surface area (Å²) in [6.45, 7) is 3.33. The van der Waals surface area contributed by atoms with Gasteiger partial charge in [-0.15, -0.1) is 11.3 Å². The summed E-state index contributed by atoms with van der Waals surface area (Å²) in [4.78, 5) is 8.53. The number of nitrogens with zero attached hydrogens (tertiary/aromatic N) is 2. The van der Waals surface area contributed by atoms with Crippen LogP contribution in [-0.2, 0) is 6.54 Å². The molecule has 0 unspecified atom stereocenters. The molecular formula is C11H12Cl2N4S. The summed E-state index contributed by atoms with van der Waals surface area (Å²) in [6, 6.07) is 1.68. The van der Waals surface area contributed by atoms with Gasteiger partial charge < -0.3 is 10.6 Å². The number of anilines is 2. The Balaban J connectivity index is 2.13. The molecule has 0 aliphatic heterocycles. The Hall–Kier alpha value is -1.04. The monoisotopic (exact) mass is 302 g/mol. The summed E-state index contributed by atoms with van der Waals surface area (Å²) in [5, 5.41) is 10.2. The van der Waals surface area contributed by atoms with Crippen molar-refractivity contribution in [2.75, 3.05) is 17.2 Å². The summed E-state index contributed by atoms with van der Waals surface area (Å²) in [7, 11) is 0. The average molecular weight is 303 g/mol. The van der Waals surface area contributed by atoms with E-state index in [1.165, 1.54) is 0 Å². The van der Waals surface area contributed by atoms with E-state index in [0.29, 0.717) is 28.2 Å². The Morgan fingerprint density at radius 3 is 2.56 bits per heavy atom. The quantitative estimate of drug-likeness (QED) is 0.880. The van der Waals surface area contributed by atoms with Crippen LogP contribution in [0.4, 0.5) is 11.6 Å². The summed E-state index contributed by atoms with van der Waals surface area (Å²) < 4.78 is 0. The fourth-order valence-electron chi connectivity index (χ4n) is 1.38. The third kappa shape index (κ3) is 3.25. The smallest absolute Gasteiger partial charge is 0.147 e. The van der Waals surface area contributed by atoms with Crippen molar-refractivity contribution in [2.45, 2.75) is 13.5 Å². The third-order valence-electron chi connectivity index (χ3n) is 2.16. The minimum atomic E-state index is 0.498. The molecule has 0 fully saturated rings. The molecule has 0 aromatic carbocycles. The molecule has 2 aromatic heterocycles. The van der Waals surface area contributed by atoms with Crippen LogP contribution in [0.2, 0.25) is 10.0 Å². The number of pyridine rings is 1. The first-order chi connectivity index (χ1) is 8.70. The van der Waals surface area contributed by atoms with Gasteiger partial charge in [-0.05, 0) is 13.0 Å². The van der Waals surface area contributed by atoms with Crippen molar-refractivity contribution >= 4 is 46.2 Å². The topological polar surface area (TPSA) is 49.8 Å². The maximum atomic E-state index is 6.09. The molecule has 2 heterocycles. The van der Waals surface area contributed by atoms with E-state index in [-0.39, 0.29) is 0 Å². The Labute approximate surface area is 119 Å². The molecule has 0 spiro atoms. The van der Waals surface area contributed by atoms with E-state index >= 15 is 0 Å². The van der Waals surface area contributed by atoms with Crippen LogP contribution in [0, 0.1) is 0 Å². The fraction of sp³-hybridized carbons (Fsp3) is 0.273. The highest BCUT2D eigenvalue weighted by atomic mass is 35.5. The van der Waals surface area contributed by atoms with Gasteiger partial charge in [0.15, 0.2) is 0 Å². The van der Waals surface area contributed by atoms with Crippen molar-refractivity contribution in [3.05, 3.63) is 32.7 Å². The molecule has 0 bridgehead atoms. The molecule has 2 N–H and O–H groups in total. The van der Waals surface area contributed by atoms with E-state index in [0.717, 1.165) is 11.6 Å². The summed E-state index contributed by atoms with van der Waals surface area (Å²) in [5.41, 5.74) is 0. The molecule has 0 saturated carbocycles. The first-order valence-corrected chi connectivity index (χ1v) is 7.06. The highest BCUT2D eigenvalue weighted by Crippen LogP contribution is 2.29. The van der Waals surface area contributed by atoms with E-state index in [4.69, 9.17) is 23.2 Å². The first kappa shape index (κ1) is 13.4. The van der Waals surface area contributed by atoms with E-state index in [9.17, 15) is 0 Å². The Bertz CT molecular complexity index is 516. The van der Waals surface area contributed by atoms with Crippen molar-refractivity contribution in [1.82, 2.24) is 9.97 Å². The van der Waals surface area contributed by atoms with Gasteiger partial charge in [-0.2, -0.15) is 0 Å². The predicted octanol–water partition coefficient (Wildman–Crippen LogP) is 3.89. The molecule has 7 heteroatoms. The minimum absolute atomic E-state index is 0.498.